The molecule has 0 saturated heterocycles. The summed E-state index contributed by atoms with van der Waals surface area (Å²) in [5, 5.41) is 3.55. The first kappa shape index (κ1) is 12.8. The third-order valence-electron chi connectivity index (χ3n) is 4.84. The first-order valence-electron chi connectivity index (χ1n) is 8.07. The summed E-state index contributed by atoms with van der Waals surface area (Å²) in [5.74, 6) is 0.604. The van der Waals surface area contributed by atoms with Crippen LogP contribution in [0.5, 0.6) is 0 Å². The molecule has 0 radical (unpaired) electrons. The van der Waals surface area contributed by atoms with Crippen LogP contribution in [0.2, 0.25) is 0 Å². The van der Waals surface area contributed by atoms with Crippen molar-refractivity contribution in [2.75, 3.05) is 29.9 Å². The number of para-hydroxylation sites is 2. The van der Waals surface area contributed by atoms with E-state index in [1.165, 1.54) is 48.3 Å². The van der Waals surface area contributed by atoms with Gasteiger partial charge in [-0.05, 0) is 42.5 Å². The summed E-state index contributed by atoms with van der Waals surface area (Å²) in [4.78, 5) is 2.61. The smallest absolute Gasteiger partial charge is 0.0398 e. The summed E-state index contributed by atoms with van der Waals surface area (Å²) >= 11 is 0. The maximum absolute atomic E-state index is 3.55. The molecule has 108 valence electrons. The van der Waals surface area contributed by atoms with Crippen LogP contribution in [-0.4, -0.2) is 19.6 Å². The lowest BCUT2D eigenvalue weighted by Crippen LogP contribution is -2.30. The topological polar surface area (TPSA) is 15.3 Å². The first-order valence-corrected chi connectivity index (χ1v) is 8.07. The summed E-state index contributed by atoms with van der Waals surface area (Å²) in [7, 11) is 0. The zero-order valence-corrected chi connectivity index (χ0v) is 12.4. The predicted molar refractivity (Wildman–Crippen MR) is 89.3 cm³/mol. The zero-order chi connectivity index (χ0) is 14.1. The van der Waals surface area contributed by atoms with Crippen molar-refractivity contribution in [2.24, 2.45) is 0 Å². The normalized spacial score (nSPS) is 20.4. The summed E-state index contributed by atoms with van der Waals surface area (Å²) < 4.78 is 0. The molecular weight excluding hydrogens is 256 g/mol. The van der Waals surface area contributed by atoms with Gasteiger partial charge in [-0.1, -0.05) is 36.4 Å². The van der Waals surface area contributed by atoms with Crippen molar-refractivity contribution in [2.45, 2.75) is 25.2 Å². The van der Waals surface area contributed by atoms with Gasteiger partial charge in [-0.3, -0.25) is 0 Å². The second-order valence-corrected chi connectivity index (χ2v) is 6.20. The van der Waals surface area contributed by atoms with Crippen LogP contribution < -0.4 is 10.2 Å². The predicted octanol–water partition coefficient (Wildman–Crippen LogP) is 4.04. The number of benzene rings is 2. The molecule has 1 N–H and O–H groups in total. The van der Waals surface area contributed by atoms with Crippen LogP contribution in [0.1, 0.15) is 29.9 Å². The summed E-state index contributed by atoms with van der Waals surface area (Å²) in [6.07, 6.45) is 3.84. The van der Waals surface area contributed by atoms with Crippen LogP contribution in [0.25, 0.3) is 0 Å². The molecule has 0 spiro atoms. The van der Waals surface area contributed by atoms with Crippen LogP contribution in [0.4, 0.5) is 11.4 Å². The van der Waals surface area contributed by atoms with Crippen molar-refractivity contribution in [3.63, 3.8) is 0 Å². The van der Waals surface area contributed by atoms with Crippen molar-refractivity contribution in [1.29, 1.82) is 0 Å². The molecule has 0 aromatic heterocycles. The van der Waals surface area contributed by atoms with Gasteiger partial charge in [-0.2, -0.15) is 0 Å². The number of fused-ring (bicyclic) bond motifs is 2. The average Bonchev–Trinajstić information content (AvgIpc) is 2.82. The van der Waals surface area contributed by atoms with Crippen molar-refractivity contribution >= 4 is 11.4 Å². The molecule has 21 heavy (non-hydrogen) atoms. The molecule has 1 unspecified atom stereocenters. The van der Waals surface area contributed by atoms with E-state index in [2.05, 4.69) is 58.7 Å². The highest BCUT2D eigenvalue weighted by Gasteiger charge is 2.25. The quantitative estimate of drug-likeness (QED) is 0.892. The zero-order valence-electron chi connectivity index (χ0n) is 12.4. The Morgan fingerprint density at radius 1 is 1.00 bits per heavy atom. The Labute approximate surface area is 126 Å². The minimum Gasteiger partial charge on any atom is -0.384 e. The number of nitrogens with zero attached hydrogens (tertiary/aromatic N) is 1. The fourth-order valence-electron chi connectivity index (χ4n) is 3.74. The van der Waals surface area contributed by atoms with Gasteiger partial charge >= 0.3 is 0 Å². The number of hydrogen-bond donors (Lipinski definition) is 1. The summed E-state index contributed by atoms with van der Waals surface area (Å²) in [6, 6.07) is 17.7. The van der Waals surface area contributed by atoms with Crippen molar-refractivity contribution < 1.29 is 0 Å². The fourth-order valence-corrected chi connectivity index (χ4v) is 3.74. The summed E-state index contributed by atoms with van der Waals surface area (Å²) in [6.45, 7) is 3.38. The van der Waals surface area contributed by atoms with Crippen LogP contribution >= 0.6 is 0 Å². The molecule has 4 rings (SSSR count). The fraction of sp³-hybridized carbons (Fsp3) is 0.368. The molecule has 0 fully saturated rings. The lowest BCUT2D eigenvalue weighted by atomic mass is 10.00. The molecule has 2 aliphatic rings. The molecule has 0 amide bonds. The van der Waals surface area contributed by atoms with E-state index in [-0.39, 0.29) is 0 Å². The third-order valence-corrected chi connectivity index (χ3v) is 4.84. The number of anilines is 2. The highest BCUT2D eigenvalue weighted by molar-refractivity contribution is 5.60. The Morgan fingerprint density at radius 2 is 1.86 bits per heavy atom. The van der Waals surface area contributed by atoms with E-state index < -0.39 is 0 Å². The second-order valence-electron chi connectivity index (χ2n) is 6.20. The van der Waals surface area contributed by atoms with E-state index in [9.17, 15) is 0 Å². The molecule has 2 heteroatoms. The van der Waals surface area contributed by atoms with Crippen LogP contribution in [0.15, 0.2) is 48.5 Å². The maximum atomic E-state index is 3.55. The maximum Gasteiger partial charge on any atom is 0.0398 e. The first-order chi connectivity index (χ1) is 10.4. The molecule has 0 aliphatic carbocycles. The number of rotatable bonds is 2. The molecular formula is C19H22N2. The lowest BCUT2D eigenvalue weighted by molar-refractivity contribution is 0.660. The van der Waals surface area contributed by atoms with E-state index in [0.717, 1.165) is 13.1 Å². The Kier molecular flexibility index (Phi) is 3.30. The van der Waals surface area contributed by atoms with Gasteiger partial charge in [-0.25, -0.2) is 0 Å². The SMILES string of the molecule is c1ccc2c(c1)CCCCN2CC1CNc2ccccc21. The minimum atomic E-state index is 0.604. The number of nitrogens with one attached hydrogen (secondary N) is 1. The third kappa shape index (κ3) is 2.39. The Balaban J connectivity index is 1.61. The lowest BCUT2D eigenvalue weighted by Gasteiger charge is -2.28. The minimum absolute atomic E-state index is 0.604. The largest absolute Gasteiger partial charge is 0.384 e. The molecule has 2 aromatic carbocycles. The highest BCUT2D eigenvalue weighted by atomic mass is 15.1. The van der Waals surface area contributed by atoms with E-state index in [4.69, 9.17) is 0 Å². The van der Waals surface area contributed by atoms with Gasteiger partial charge in [0.05, 0.1) is 0 Å². The Hall–Kier alpha value is -1.96. The highest BCUT2D eigenvalue weighted by Crippen LogP contribution is 2.34. The van der Waals surface area contributed by atoms with Gasteiger partial charge in [-0.15, -0.1) is 0 Å². The molecule has 0 saturated carbocycles. The molecule has 2 aliphatic heterocycles. The summed E-state index contributed by atoms with van der Waals surface area (Å²) in [5.41, 5.74) is 5.79. The molecule has 0 bridgehead atoms. The Bertz CT molecular complexity index is 635. The average molecular weight is 278 g/mol. The van der Waals surface area contributed by atoms with Gasteiger partial charge < -0.3 is 10.2 Å². The van der Waals surface area contributed by atoms with Crippen LogP contribution in [0, 0.1) is 0 Å². The van der Waals surface area contributed by atoms with Gasteiger partial charge in [0, 0.05) is 36.9 Å². The molecule has 2 nitrogen and oxygen atoms in total. The van der Waals surface area contributed by atoms with Gasteiger partial charge in [0.15, 0.2) is 0 Å². The molecule has 2 aromatic rings. The Morgan fingerprint density at radius 3 is 2.86 bits per heavy atom. The van der Waals surface area contributed by atoms with Crippen molar-refractivity contribution in [3.8, 4) is 0 Å². The molecule has 2 heterocycles. The standard InChI is InChI=1S/C19H22N2/c1-4-11-19-15(7-1)8-5-6-12-21(19)14-16-13-20-18-10-3-2-9-17(16)18/h1-4,7,9-11,16,20H,5-6,8,12-14H2. The van der Waals surface area contributed by atoms with Gasteiger partial charge in [0.25, 0.3) is 0 Å². The second kappa shape index (κ2) is 5.44. The van der Waals surface area contributed by atoms with Crippen molar-refractivity contribution in [3.05, 3.63) is 59.7 Å². The molecule has 1 atom stereocenters. The van der Waals surface area contributed by atoms with E-state index >= 15 is 0 Å². The number of hydrogen-bond acceptors (Lipinski definition) is 2. The van der Waals surface area contributed by atoms with Crippen LogP contribution in [-0.2, 0) is 6.42 Å². The van der Waals surface area contributed by atoms with Crippen LogP contribution in [0.3, 0.4) is 0 Å². The van der Waals surface area contributed by atoms with Gasteiger partial charge in [0.2, 0.25) is 0 Å². The van der Waals surface area contributed by atoms with Crippen molar-refractivity contribution in [1.82, 2.24) is 0 Å². The van der Waals surface area contributed by atoms with E-state index in [1.807, 2.05) is 0 Å². The monoisotopic (exact) mass is 278 g/mol. The van der Waals surface area contributed by atoms with E-state index in [1.54, 1.807) is 0 Å². The number of aryl methyl sites for hydroxylation is 1. The van der Waals surface area contributed by atoms with E-state index in [0.29, 0.717) is 5.92 Å². The van der Waals surface area contributed by atoms with Gasteiger partial charge in [0.1, 0.15) is 0 Å².